The largest absolute Gasteiger partial charge is 0.481 e. The van der Waals surface area contributed by atoms with Crippen molar-refractivity contribution in [1.29, 1.82) is 0 Å². The lowest BCUT2D eigenvalue weighted by molar-refractivity contribution is -0.152. The molecule has 0 saturated carbocycles. The third kappa shape index (κ3) is 3.39. The minimum atomic E-state index is -0.630. The van der Waals surface area contributed by atoms with Crippen molar-refractivity contribution in [3.8, 4) is 0 Å². The third-order valence-electron chi connectivity index (χ3n) is 4.00. The number of rotatable bonds is 5. The number of carboxylic acid groups (broad SMARTS) is 1. The van der Waals surface area contributed by atoms with Crippen molar-refractivity contribution in [3.05, 3.63) is 22.6 Å². The quantitative estimate of drug-likeness (QED) is 0.898. The Bertz CT molecular complexity index is 436. The van der Waals surface area contributed by atoms with Crippen LogP contribution >= 0.6 is 15.9 Å². The highest BCUT2D eigenvalue weighted by Gasteiger charge is 2.40. The summed E-state index contributed by atoms with van der Waals surface area (Å²) in [4.78, 5) is 13.8. The smallest absolute Gasteiger partial charge is 0.309 e. The van der Waals surface area contributed by atoms with Gasteiger partial charge in [0.1, 0.15) is 5.76 Å². The van der Waals surface area contributed by atoms with Gasteiger partial charge in [-0.3, -0.25) is 9.69 Å². The maximum atomic E-state index is 11.5. The van der Waals surface area contributed by atoms with Crippen molar-refractivity contribution in [2.24, 2.45) is 5.41 Å². The lowest BCUT2D eigenvalue weighted by atomic mass is 9.75. The molecule has 1 aliphatic rings. The molecular formula is C14H20BrNO3. The number of hydrogen-bond acceptors (Lipinski definition) is 3. The van der Waals surface area contributed by atoms with Crippen LogP contribution in [-0.4, -0.2) is 29.1 Å². The molecule has 0 aromatic carbocycles. The maximum absolute atomic E-state index is 11.5. The molecule has 1 fully saturated rings. The van der Waals surface area contributed by atoms with E-state index in [9.17, 15) is 9.90 Å². The van der Waals surface area contributed by atoms with Gasteiger partial charge in [-0.2, -0.15) is 0 Å². The molecule has 0 amide bonds. The Labute approximate surface area is 121 Å². The van der Waals surface area contributed by atoms with Gasteiger partial charge in [-0.1, -0.05) is 13.3 Å². The van der Waals surface area contributed by atoms with E-state index in [1.54, 1.807) is 0 Å². The zero-order chi connectivity index (χ0) is 13.9. The zero-order valence-electron chi connectivity index (χ0n) is 11.2. The number of furan rings is 1. The van der Waals surface area contributed by atoms with Gasteiger partial charge in [-0.15, -0.1) is 0 Å². The fraction of sp³-hybridized carbons (Fsp3) is 0.643. The van der Waals surface area contributed by atoms with E-state index in [0.29, 0.717) is 0 Å². The van der Waals surface area contributed by atoms with E-state index in [4.69, 9.17) is 4.42 Å². The predicted octanol–water partition coefficient (Wildman–Crippen LogP) is 3.51. The Morgan fingerprint density at radius 3 is 2.63 bits per heavy atom. The summed E-state index contributed by atoms with van der Waals surface area (Å²) in [5.41, 5.74) is -0.505. The molecule has 1 N–H and O–H groups in total. The molecule has 1 aromatic rings. The first kappa shape index (κ1) is 14.6. The zero-order valence-corrected chi connectivity index (χ0v) is 12.8. The molecule has 1 aliphatic heterocycles. The monoisotopic (exact) mass is 329 g/mol. The number of carbonyl (C=O) groups is 1. The Kier molecular flexibility index (Phi) is 4.68. The van der Waals surface area contributed by atoms with Crippen LogP contribution < -0.4 is 0 Å². The van der Waals surface area contributed by atoms with Gasteiger partial charge >= 0.3 is 5.97 Å². The van der Waals surface area contributed by atoms with Crippen molar-refractivity contribution in [1.82, 2.24) is 4.90 Å². The van der Waals surface area contributed by atoms with Gasteiger partial charge in [0.05, 0.1) is 12.0 Å². The van der Waals surface area contributed by atoms with E-state index in [0.717, 1.165) is 55.7 Å². The Balaban J connectivity index is 1.92. The molecule has 0 atom stereocenters. The number of nitrogens with zero attached hydrogens (tertiary/aromatic N) is 1. The SMILES string of the molecule is CCCC1(C(=O)O)CCN(Cc2ccc(Br)o2)CC1. The minimum Gasteiger partial charge on any atom is -0.481 e. The molecule has 2 rings (SSSR count). The van der Waals surface area contributed by atoms with Gasteiger partial charge in [0.2, 0.25) is 0 Å². The summed E-state index contributed by atoms with van der Waals surface area (Å²) in [5, 5.41) is 9.46. The third-order valence-corrected chi connectivity index (χ3v) is 4.43. The Hall–Kier alpha value is -0.810. The average Bonchev–Trinajstić information content (AvgIpc) is 2.77. The second-order valence-electron chi connectivity index (χ2n) is 5.32. The lowest BCUT2D eigenvalue weighted by Gasteiger charge is -2.38. The van der Waals surface area contributed by atoms with Crippen LogP contribution in [0.25, 0.3) is 0 Å². The molecule has 5 heteroatoms. The van der Waals surface area contributed by atoms with Crippen molar-refractivity contribution in [2.45, 2.75) is 39.2 Å². The Morgan fingerprint density at radius 2 is 2.16 bits per heavy atom. The van der Waals surface area contributed by atoms with Crippen molar-refractivity contribution in [3.63, 3.8) is 0 Å². The topological polar surface area (TPSA) is 53.7 Å². The van der Waals surface area contributed by atoms with Crippen LogP contribution in [0.1, 0.15) is 38.4 Å². The standard InChI is InChI=1S/C14H20BrNO3/c1-2-5-14(13(17)18)6-8-16(9-7-14)10-11-3-4-12(15)19-11/h3-4H,2,5-10H2,1H3,(H,17,18). The normalized spacial score (nSPS) is 19.5. The summed E-state index contributed by atoms with van der Waals surface area (Å²) in [7, 11) is 0. The number of carboxylic acids is 1. The first-order valence-electron chi connectivity index (χ1n) is 6.76. The van der Waals surface area contributed by atoms with E-state index in [2.05, 4.69) is 27.8 Å². The summed E-state index contributed by atoms with van der Waals surface area (Å²) in [5.74, 6) is 0.292. The van der Waals surface area contributed by atoms with Gasteiger partial charge < -0.3 is 9.52 Å². The van der Waals surface area contributed by atoms with E-state index in [1.165, 1.54) is 0 Å². The fourth-order valence-corrected chi connectivity index (χ4v) is 3.19. The lowest BCUT2D eigenvalue weighted by Crippen LogP contribution is -2.44. The minimum absolute atomic E-state index is 0.505. The summed E-state index contributed by atoms with van der Waals surface area (Å²) < 4.78 is 6.23. The highest BCUT2D eigenvalue weighted by Crippen LogP contribution is 2.36. The number of likely N-dealkylation sites (tertiary alicyclic amines) is 1. The van der Waals surface area contributed by atoms with Gasteiger partial charge in [0.25, 0.3) is 0 Å². The van der Waals surface area contributed by atoms with Crippen LogP contribution in [0, 0.1) is 5.41 Å². The van der Waals surface area contributed by atoms with Crippen molar-refractivity contribution >= 4 is 21.9 Å². The van der Waals surface area contributed by atoms with Crippen LogP contribution in [-0.2, 0) is 11.3 Å². The number of hydrogen-bond donors (Lipinski definition) is 1. The summed E-state index contributed by atoms with van der Waals surface area (Å²) in [6.07, 6.45) is 3.18. The predicted molar refractivity (Wildman–Crippen MR) is 75.9 cm³/mol. The van der Waals surface area contributed by atoms with Gasteiger partial charge in [-0.25, -0.2) is 0 Å². The first-order valence-corrected chi connectivity index (χ1v) is 7.55. The van der Waals surface area contributed by atoms with Crippen molar-refractivity contribution < 1.29 is 14.3 Å². The molecule has 0 aliphatic carbocycles. The molecule has 0 unspecified atom stereocenters. The molecule has 4 nitrogen and oxygen atoms in total. The Morgan fingerprint density at radius 1 is 1.47 bits per heavy atom. The van der Waals surface area contributed by atoms with E-state index >= 15 is 0 Å². The number of aliphatic carboxylic acids is 1. The van der Waals surface area contributed by atoms with Crippen LogP contribution in [0.2, 0.25) is 0 Å². The van der Waals surface area contributed by atoms with Crippen LogP contribution in [0.4, 0.5) is 0 Å². The highest BCUT2D eigenvalue weighted by molar-refractivity contribution is 9.10. The molecule has 1 aromatic heterocycles. The fourth-order valence-electron chi connectivity index (χ4n) is 2.85. The van der Waals surface area contributed by atoms with Crippen LogP contribution in [0.5, 0.6) is 0 Å². The molecule has 106 valence electrons. The van der Waals surface area contributed by atoms with Crippen LogP contribution in [0.3, 0.4) is 0 Å². The molecule has 0 radical (unpaired) electrons. The van der Waals surface area contributed by atoms with Gasteiger partial charge in [0, 0.05) is 0 Å². The summed E-state index contributed by atoms with van der Waals surface area (Å²) in [6.45, 7) is 4.46. The highest BCUT2D eigenvalue weighted by atomic mass is 79.9. The second kappa shape index (κ2) is 6.09. The van der Waals surface area contributed by atoms with E-state index in [-0.39, 0.29) is 0 Å². The summed E-state index contributed by atoms with van der Waals surface area (Å²) in [6, 6.07) is 3.84. The van der Waals surface area contributed by atoms with Crippen molar-refractivity contribution in [2.75, 3.05) is 13.1 Å². The second-order valence-corrected chi connectivity index (χ2v) is 6.10. The molecule has 0 spiro atoms. The first-order chi connectivity index (χ1) is 9.05. The maximum Gasteiger partial charge on any atom is 0.309 e. The van der Waals surface area contributed by atoms with Crippen LogP contribution in [0.15, 0.2) is 21.2 Å². The van der Waals surface area contributed by atoms with E-state index in [1.807, 2.05) is 12.1 Å². The average molecular weight is 330 g/mol. The molecule has 1 saturated heterocycles. The number of piperidine rings is 1. The van der Waals surface area contributed by atoms with Gasteiger partial charge in [0.15, 0.2) is 4.67 Å². The molecule has 19 heavy (non-hydrogen) atoms. The van der Waals surface area contributed by atoms with E-state index < -0.39 is 11.4 Å². The molecule has 2 heterocycles. The number of halogens is 1. The molecular weight excluding hydrogens is 310 g/mol. The summed E-state index contributed by atoms with van der Waals surface area (Å²) >= 11 is 3.29. The molecule has 0 bridgehead atoms. The van der Waals surface area contributed by atoms with Gasteiger partial charge in [-0.05, 0) is 60.4 Å².